The molecule has 5 nitrogen and oxygen atoms in total. The monoisotopic (exact) mass is 355 g/mol. The van der Waals surface area contributed by atoms with Gasteiger partial charge in [-0.15, -0.1) is 0 Å². The third-order valence-electron chi connectivity index (χ3n) is 5.77. The van der Waals surface area contributed by atoms with Crippen LogP contribution in [0.1, 0.15) is 31.7 Å². The van der Waals surface area contributed by atoms with E-state index >= 15 is 0 Å². The van der Waals surface area contributed by atoms with Gasteiger partial charge in [0.1, 0.15) is 11.5 Å². The van der Waals surface area contributed by atoms with E-state index in [1.54, 1.807) is 4.90 Å². The Morgan fingerprint density at radius 2 is 2.15 bits per heavy atom. The highest BCUT2D eigenvalue weighted by Gasteiger charge is 2.67. The minimum atomic E-state index is -0.697. The number of carbonyl (C=O) groups excluding carboxylic acids is 2. The summed E-state index contributed by atoms with van der Waals surface area (Å²) in [7, 11) is 0. The molecule has 0 aromatic heterocycles. The van der Waals surface area contributed by atoms with Crippen LogP contribution in [0, 0.1) is 18.8 Å². The van der Waals surface area contributed by atoms with Crippen molar-refractivity contribution in [2.45, 2.75) is 44.8 Å². The molecular formula is C21H25NO4. The lowest BCUT2D eigenvalue weighted by molar-refractivity contribution is -0.152. The Morgan fingerprint density at radius 1 is 1.35 bits per heavy atom. The Bertz CT molecular complexity index is 758. The van der Waals surface area contributed by atoms with Gasteiger partial charge in [-0.3, -0.25) is 9.59 Å². The van der Waals surface area contributed by atoms with Crippen LogP contribution in [0.25, 0.3) is 0 Å². The Balaban J connectivity index is 1.56. The predicted octanol–water partition coefficient (Wildman–Crippen LogP) is 3.01. The van der Waals surface area contributed by atoms with Crippen LogP contribution in [0.3, 0.4) is 0 Å². The number of ether oxygens (including phenoxy) is 2. The summed E-state index contributed by atoms with van der Waals surface area (Å²) in [4.78, 5) is 27.7. The summed E-state index contributed by atoms with van der Waals surface area (Å²) in [5.74, 6) is -1.37. The van der Waals surface area contributed by atoms with Gasteiger partial charge >= 0.3 is 5.97 Å². The van der Waals surface area contributed by atoms with Crippen molar-refractivity contribution in [3.8, 4) is 0 Å². The first-order valence-electron chi connectivity index (χ1n) is 9.48. The van der Waals surface area contributed by atoms with E-state index in [2.05, 4.69) is 6.92 Å². The van der Waals surface area contributed by atoms with Crippen LogP contribution in [0.2, 0.25) is 0 Å². The van der Waals surface area contributed by atoms with Crippen LogP contribution in [0.4, 0.5) is 5.69 Å². The Kier molecular flexibility index (Phi) is 4.35. The number of unbranched alkanes of at least 4 members (excludes halogenated alkanes) is 2. The lowest BCUT2D eigenvalue weighted by Crippen LogP contribution is -2.40. The Morgan fingerprint density at radius 3 is 2.92 bits per heavy atom. The van der Waals surface area contributed by atoms with E-state index in [1.807, 2.05) is 43.3 Å². The molecule has 0 saturated carbocycles. The van der Waals surface area contributed by atoms with Gasteiger partial charge < -0.3 is 14.4 Å². The van der Waals surface area contributed by atoms with Crippen LogP contribution in [0.15, 0.2) is 36.4 Å². The molecule has 2 bridgehead atoms. The standard InChI is InChI=1S/C21H25NO4/c1-3-4-7-12-25-20(24)17-16-10-11-21(26-16)13-22(19(23)18(17)21)15-9-6-5-8-14(15)2/h5-6,8-11,16-18H,3-4,7,12-13H2,1-2H3/t16-,17+,18-,21-/m0/s1. The summed E-state index contributed by atoms with van der Waals surface area (Å²) in [6, 6.07) is 7.81. The summed E-state index contributed by atoms with van der Waals surface area (Å²) in [5.41, 5.74) is 1.23. The van der Waals surface area contributed by atoms with Gasteiger partial charge in [0.25, 0.3) is 0 Å². The van der Waals surface area contributed by atoms with Crippen molar-refractivity contribution in [1.29, 1.82) is 0 Å². The van der Waals surface area contributed by atoms with Crippen molar-refractivity contribution < 1.29 is 19.1 Å². The van der Waals surface area contributed by atoms with E-state index in [-0.39, 0.29) is 18.0 Å². The van der Waals surface area contributed by atoms with E-state index in [0.29, 0.717) is 13.2 Å². The molecule has 1 amide bonds. The summed E-state index contributed by atoms with van der Waals surface area (Å²) in [5, 5.41) is 0. The van der Waals surface area contributed by atoms with Crippen molar-refractivity contribution in [2.75, 3.05) is 18.1 Å². The van der Waals surface area contributed by atoms with E-state index in [4.69, 9.17) is 9.47 Å². The molecule has 1 aromatic carbocycles. The molecule has 0 unspecified atom stereocenters. The molecule has 0 aliphatic carbocycles. The number of fused-ring (bicyclic) bond motifs is 1. The van der Waals surface area contributed by atoms with Crippen molar-refractivity contribution in [3.63, 3.8) is 0 Å². The molecular weight excluding hydrogens is 330 g/mol. The zero-order valence-corrected chi connectivity index (χ0v) is 15.3. The number of hydrogen-bond donors (Lipinski definition) is 0. The molecule has 0 N–H and O–H groups in total. The molecule has 138 valence electrons. The van der Waals surface area contributed by atoms with Gasteiger partial charge in [0.05, 0.1) is 25.2 Å². The minimum absolute atomic E-state index is 0.0401. The van der Waals surface area contributed by atoms with Gasteiger partial charge in [-0.05, 0) is 25.0 Å². The second-order valence-corrected chi connectivity index (χ2v) is 7.49. The van der Waals surface area contributed by atoms with Crippen LogP contribution in [-0.2, 0) is 19.1 Å². The number of carbonyl (C=O) groups is 2. The zero-order valence-electron chi connectivity index (χ0n) is 15.3. The number of hydrogen-bond acceptors (Lipinski definition) is 4. The maximum absolute atomic E-state index is 13.2. The van der Waals surface area contributed by atoms with Gasteiger partial charge in [-0.2, -0.15) is 0 Å². The topological polar surface area (TPSA) is 55.8 Å². The SMILES string of the molecule is CCCCCOC(=O)[C@@H]1[C@@H]2C=C[C@@]3(CN(c4ccccc4C)C(=O)[C@H]13)O2. The van der Waals surface area contributed by atoms with E-state index < -0.39 is 17.4 Å². The van der Waals surface area contributed by atoms with E-state index in [0.717, 1.165) is 30.5 Å². The van der Waals surface area contributed by atoms with Gasteiger partial charge in [-0.1, -0.05) is 50.1 Å². The number of amides is 1. The summed E-state index contributed by atoms with van der Waals surface area (Å²) >= 11 is 0. The molecule has 1 spiro atoms. The highest BCUT2D eigenvalue weighted by molar-refractivity contribution is 6.03. The van der Waals surface area contributed by atoms with Gasteiger partial charge in [0, 0.05) is 5.69 Å². The number of benzene rings is 1. The third-order valence-corrected chi connectivity index (χ3v) is 5.77. The smallest absolute Gasteiger partial charge is 0.312 e. The van der Waals surface area contributed by atoms with Crippen LogP contribution in [0.5, 0.6) is 0 Å². The third kappa shape index (κ3) is 2.57. The molecule has 3 aliphatic rings. The second-order valence-electron chi connectivity index (χ2n) is 7.49. The molecule has 0 radical (unpaired) electrons. The largest absolute Gasteiger partial charge is 0.465 e. The van der Waals surface area contributed by atoms with Crippen LogP contribution in [-0.4, -0.2) is 36.7 Å². The average Bonchev–Trinajstić information content (AvgIpc) is 3.27. The first kappa shape index (κ1) is 17.3. The second kappa shape index (κ2) is 6.54. The van der Waals surface area contributed by atoms with Crippen molar-refractivity contribution in [1.82, 2.24) is 0 Å². The Labute approximate surface area is 154 Å². The van der Waals surface area contributed by atoms with Crippen molar-refractivity contribution in [2.24, 2.45) is 11.8 Å². The molecule has 4 rings (SSSR count). The lowest BCUT2D eigenvalue weighted by atomic mass is 9.77. The fraction of sp³-hybridized carbons (Fsp3) is 0.524. The maximum Gasteiger partial charge on any atom is 0.312 e. The summed E-state index contributed by atoms with van der Waals surface area (Å²) in [6.07, 6.45) is 6.51. The number of esters is 1. The van der Waals surface area contributed by atoms with Crippen LogP contribution < -0.4 is 4.90 Å². The lowest BCUT2D eigenvalue weighted by Gasteiger charge is -2.23. The van der Waals surface area contributed by atoms with Crippen molar-refractivity contribution >= 4 is 17.6 Å². The summed E-state index contributed by atoms with van der Waals surface area (Å²) < 4.78 is 11.6. The number of para-hydroxylation sites is 1. The fourth-order valence-corrected chi connectivity index (χ4v) is 4.46. The molecule has 26 heavy (non-hydrogen) atoms. The minimum Gasteiger partial charge on any atom is -0.465 e. The Hall–Kier alpha value is -2.14. The van der Waals surface area contributed by atoms with Gasteiger partial charge in [0.2, 0.25) is 5.91 Å². The highest BCUT2D eigenvalue weighted by Crippen LogP contribution is 2.53. The normalized spacial score (nSPS) is 31.5. The molecule has 2 fully saturated rings. The molecule has 1 aromatic rings. The van der Waals surface area contributed by atoms with Crippen LogP contribution >= 0.6 is 0 Å². The van der Waals surface area contributed by atoms with Gasteiger partial charge in [-0.25, -0.2) is 0 Å². The molecule has 5 heteroatoms. The molecule has 3 aliphatic heterocycles. The average molecular weight is 355 g/mol. The summed E-state index contributed by atoms with van der Waals surface area (Å²) in [6.45, 7) is 4.96. The molecule has 4 atom stereocenters. The first-order valence-corrected chi connectivity index (χ1v) is 9.48. The molecule has 2 saturated heterocycles. The fourth-order valence-electron chi connectivity index (χ4n) is 4.46. The quantitative estimate of drug-likeness (QED) is 0.447. The number of nitrogens with zero attached hydrogens (tertiary/aromatic N) is 1. The maximum atomic E-state index is 13.2. The number of aryl methyl sites for hydroxylation is 1. The van der Waals surface area contributed by atoms with E-state index in [1.165, 1.54) is 0 Å². The first-order chi connectivity index (χ1) is 12.6. The zero-order chi connectivity index (χ0) is 18.3. The molecule has 3 heterocycles. The number of anilines is 1. The van der Waals surface area contributed by atoms with Crippen molar-refractivity contribution in [3.05, 3.63) is 42.0 Å². The van der Waals surface area contributed by atoms with E-state index in [9.17, 15) is 9.59 Å². The highest BCUT2D eigenvalue weighted by atomic mass is 16.6. The predicted molar refractivity (Wildman–Crippen MR) is 97.7 cm³/mol. The number of rotatable bonds is 6. The van der Waals surface area contributed by atoms with Gasteiger partial charge in [0.15, 0.2) is 0 Å².